The summed E-state index contributed by atoms with van der Waals surface area (Å²) in [5.41, 5.74) is 8.42. The fourth-order valence-electron chi connectivity index (χ4n) is 2.72. The molecule has 25 heavy (non-hydrogen) atoms. The van der Waals surface area contributed by atoms with E-state index < -0.39 is 74.6 Å². The van der Waals surface area contributed by atoms with Crippen LogP contribution in [0.2, 0.25) is 0 Å². The van der Waals surface area contributed by atoms with Crippen LogP contribution in [0.1, 0.15) is 0 Å². The molecule has 0 bridgehead atoms. The topological polar surface area (TPSA) is 218 Å². The number of ether oxygens (including phenoxy) is 3. The first kappa shape index (κ1) is 20.2. The van der Waals surface area contributed by atoms with Crippen molar-refractivity contribution in [2.45, 2.75) is 61.3 Å². The van der Waals surface area contributed by atoms with Gasteiger partial charge in [0.1, 0.15) is 48.8 Å². The van der Waals surface area contributed by atoms with E-state index in [9.17, 15) is 30.6 Å². The molecule has 2 saturated heterocycles. The molecular weight excluding hydrogens is 346 g/mol. The lowest BCUT2D eigenvalue weighted by Crippen LogP contribution is -2.64. The standard InChI is InChI=1S/C12H21N3O10/c13-15-14-11-8(21)7(20)10(4(2-17)23-11)25-12-9(22)6(19)5(18)3(1-16)24-12/h3-12,16-22H,1-2H2/t3-,4-,5+,6-,7-,8-,9-,10-,11-,12+/m1/s1. The molecule has 2 heterocycles. The Labute approximate surface area is 141 Å². The highest BCUT2D eigenvalue weighted by Crippen LogP contribution is 2.29. The minimum atomic E-state index is -1.74. The summed E-state index contributed by atoms with van der Waals surface area (Å²) in [5, 5.41) is 71.1. The molecule has 0 radical (unpaired) electrons. The smallest absolute Gasteiger partial charge is 0.187 e. The molecule has 2 aliphatic heterocycles. The van der Waals surface area contributed by atoms with Crippen molar-refractivity contribution in [1.82, 2.24) is 0 Å². The van der Waals surface area contributed by atoms with E-state index in [1.54, 1.807) is 0 Å². The molecule has 0 aliphatic carbocycles. The van der Waals surface area contributed by atoms with Gasteiger partial charge in [0, 0.05) is 4.91 Å². The summed E-state index contributed by atoms with van der Waals surface area (Å²) in [5.74, 6) is 0. The van der Waals surface area contributed by atoms with E-state index in [1.807, 2.05) is 0 Å². The molecular formula is C12H21N3O10. The number of hydrogen-bond acceptors (Lipinski definition) is 11. The Morgan fingerprint density at radius 2 is 1.48 bits per heavy atom. The van der Waals surface area contributed by atoms with Crippen LogP contribution in [0.15, 0.2) is 5.11 Å². The van der Waals surface area contributed by atoms with Crippen LogP contribution in [-0.4, -0.2) is 110 Å². The largest absolute Gasteiger partial charge is 0.394 e. The van der Waals surface area contributed by atoms with Crippen molar-refractivity contribution in [3.05, 3.63) is 10.4 Å². The maximum absolute atomic E-state index is 10.1. The summed E-state index contributed by atoms with van der Waals surface area (Å²) in [6.45, 7) is -1.37. The SMILES string of the molecule is [N-]=[N+]=N[C@@H]1O[C@H](CO)[C@@H](O[C@@H]2O[C@H](CO)[C@H](O)[C@@H](O)[C@H]2O)[C@H](O)[C@H]1O. The van der Waals surface area contributed by atoms with Crippen LogP contribution in [-0.2, 0) is 14.2 Å². The number of nitrogens with zero attached hydrogens (tertiary/aromatic N) is 3. The molecule has 2 rings (SSSR count). The van der Waals surface area contributed by atoms with Gasteiger partial charge in [-0.15, -0.1) is 0 Å². The number of azide groups is 1. The first-order valence-corrected chi connectivity index (χ1v) is 7.48. The van der Waals surface area contributed by atoms with Crippen molar-refractivity contribution in [2.24, 2.45) is 5.11 Å². The van der Waals surface area contributed by atoms with E-state index in [-0.39, 0.29) is 0 Å². The highest BCUT2D eigenvalue weighted by Gasteiger charge is 2.50. The fourth-order valence-corrected chi connectivity index (χ4v) is 2.72. The van der Waals surface area contributed by atoms with Crippen molar-refractivity contribution in [1.29, 1.82) is 0 Å². The van der Waals surface area contributed by atoms with Crippen molar-refractivity contribution >= 4 is 0 Å². The molecule has 0 amide bonds. The van der Waals surface area contributed by atoms with Crippen LogP contribution in [0.4, 0.5) is 0 Å². The molecule has 13 nitrogen and oxygen atoms in total. The molecule has 7 N–H and O–H groups in total. The van der Waals surface area contributed by atoms with Crippen LogP contribution in [0.5, 0.6) is 0 Å². The molecule has 0 unspecified atom stereocenters. The lowest BCUT2D eigenvalue weighted by Gasteiger charge is -2.45. The van der Waals surface area contributed by atoms with E-state index in [4.69, 9.17) is 24.8 Å². The Bertz CT molecular complexity index is 488. The third-order valence-corrected chi connectivity index (χ3v) is 4.14. The second-order valence-corrected chi connectivity index (χ2v) is 5.73. The van der Waals surface area contributed by atoms with Crippen LogP contribution in [0.3, 0.4) is 0 Å². The highest BCUT2D eigenvalue weighted by atomic mass is 16.7. The summed E-state index contributed by atoms with van der Waals surface area (Å²) in [7, 11) is 0. The first-order valence-electron chi connectivity index (χ1n) is 7.48. The third-order valence-electron chi connectivity index (χ3n) is 4.14. The first-order chi connectivity index (χ1) is 11.8. The van der Waals surface area contributed by atoms with Crippen molar-refractivity contribution in [3.8, 4) is 0 Å². The van der Waals surface area contributed by atoms with E-state index >= 15 is 0 Å². The Morgan fingerprint density at radius 3 is 2.04 bits per heavy atom. The molecule has 0 aromatic carbocycles. The van der Waals surface area contributed by atoms with E-state index in [1.165, 1.54) is 0 Å². The number of hydrogen-bond donors (Lipinski definition) is 7. The van der Waals surface area contributed by atoms with Gasteiger partial charge in [0.05, 0.1) is 13.2 Å². The maximum Gasteiger partial charge on any atom is 0.187 e. The summed E-state index contributed by atoms with van der Waals surface area (Å²) < 4.78 is 15.6. The minimum Gasteiger partial charge on any atom is -0.394 e. The molecule has 144 valence electrons. The predicted octanol–water partition coefficient (Wildman–Crippen LogP) is -4.08. The quantitative estimate of drug-likeness (QED) is 0.141. The zero-order chi connectivity index (χ0) is 18.7. The number of aliphatic hydroxyl groups excluding tert-OH is 7. The van der Waals surface area contributed by atoms with Gasteiger partial charge in [0.2, 0.25) is 0 Å². The zero-order valence-electron chi connectivity index (χ0n) is 12.9. The second-order valence-electron chi connectivity index (χ2n) is 5.73. The molecule has 0 aromatic rings. The Hall–Kier alpha value is -1.09. The van der Waals surface area contributed by atoms with E-state index in [0.717, 1.165) is 0 Å². The molecule has 0 aromatic heterocycles. The molecule has 2 aliphatic rings. The summed E-state index contributed by atoms with van der Waals surface area (Å²) >= 11 is 0. The predicted molar refractivity (Wildman–Crippen MR) is 75.5 cm³/mol. The minimum absolute atomic E-state index is 0.681. The molecule has 13 heteroatoms. The average Bonchev–Trinajstić information content (AvgIpc) is 2.61. The van der Waals surface area contributed by atoms with Crippen LogP contribution in [0, 0.1) is 0 Å². The molecule has 10 atom stereocenters. The van der Waals surface area contributed by atoms with Crippen molar-refractivity contribution in [3.63, 3.8) is 0 Å². The maximum atomic E-state index is 10.1. The highest BCUT2D eigenvalue weighted by molar-refractivity contribution is 4.95. The third kappa shape index (κ3) is 4.02. The lowest BCUT2D eigenvalue weighted by molar-refractivity contribution is -0.341. The normalized spacial score (nSPS) is 48.0. The molecule has 0 spiro atoms. The summed E-state index contributed by atoms with van der Waals surface area (Å²) in [4.78, 5) is 2.46. The van der Waals surface area contributed by atoms with Crippen LogP contribution < -0.4 is 0 Å². The number of aliphatic hydroxyl groups is 7. The Balaban J connectivity index is 2.15. The zero-order valence-corrected chi connectivity index (χ0v) is 12.9. The number of rotatable bonds is 5. The average molecular weight is 367 g/mol. The van der Waals surface area contributed by atoms with Gasteiger partial charge in [-0.1, -0.05) is 5.11 Å². The van der Waals surface area contributed by atoms with Gasteiger partial charge in [-0.2, -0.15) is 0 Å². The Morgan fingerprint density at radius 1 is 0.840 bits per heavy atom. The molecule has 2 fully saturated rings. The van der Waals surface area contributed by atoms with E-state index in [0.29, 0.717) is 0 Å². The Kier molecular flexibility index (Phi) is 6.90. The summed E-state index contributed by atoms with van der Waals surface area (Å²) in [6, 6.07) is 0. The van der Waals surface area contributed by atoms with Gasteiger partial charge in [-0.3, -0.25) is 0 Å². The van der Waals surface area contributed by atoms with Gasteiger partial charge in [0.25, 0.3) is 0 Å². The van der Waals surface area contributed by atoms with E-state index in [2.05, 4.69) is 10.0 Å². The van der Waals surface area contributed by atoms with Gasteiger partial charge in [0.15, 0.2) is 12.5 Å². The fraction of sp³-hybridized carbons (Fsp3) is 1.00. The van der Waals surface area contributed by atoms with Crippen LogP contribution in [0.25, 0.3) is 10.4 Å². The van der Waals surface area contributed by atoms with Gasteiger partial charge >= 0.3 is 0 Å². The van der Waals surface area contributed by atoms with Gasteiger partial charge in [-0.25, -0.2) is 0 Å². The van der Waals surface area contributed by atoms with Crippen LogP contribution >= 0.6 is 0 Å². The second kappa shape index (κ2) is 8.53. The monoisotopic (exact) mass is 367 g/mol. The molecule has 0 saturated carbocycles. The summed E-state index contributed by atoms with van der Waals surface area (Å²) in [6.07, 6.45) is -15.4. The van der Waals surface area contributed by atoms with Gasteiger partial charge < -0.3 is 50.0 Å². The van der Waals surface area contributed by atoms with Crippen molar-refractivity contribution < 1.29 is 50.0 Å². The lowest BCUT2D eigenvalue weighted by atomic mass is 9.96. The van der Waals surface area contributed by atoms with Crippen molar-refractivity contribution in [2.75, 3.05) is 13.2 Å². The van der Waals surface area contributed by atoms with Gasteiger partial charge in [-0.05, 0) is 5.53 Å².